The Morgan fingerprint density at radius 3 is 1.15 bits per heavy atom. The molecule has 0 aliphatic rings. The molecule has 27 nitrogen and oxygen atoms in total. The highest BCUT2D eigenvalue weighted by molar-refractivity contribution is 7.82. The highest BCUT2D eigenvalue weighted by Gasteiger charge is 2.34. The number of carboxylic acids is 1. The quantitative estimate of drug-likeness (QED) is 0.0201. The predicted molar refractivity (Wildman–Crippen MR) is 390 cm³/mol. The minimum Gasteiger partial charge on any atom is -0.481 e. The van der Waals surface area contributed by atoms with Crippen LogP contribution in [0.4, 0.5) is 0 Å². The van der Waals surface area contributed by atoms with E-state index in [4.69, 9.17) is 17.0 Å². The van der Waals surface area contributed by atoms with Gasteiger partial charge in [0.2, 0.25) is 29.5 Å². The van der Waals surface area contributed by atoms with Crippen LogP contribution < -0.4 is 26.6 Å². The first kappa shape index (κ1) is 96.9. The van der Waals surface area contributed by atoms with Crippen molar-refractivity contribution in [3.05, 3.63) is 0 Å². The molecule has 0 aliphatic carbocycles. The Hall–Kier alpha value is -7.06. The summed E-state index contributed by atoms with van der Waals surface area (Å²) in [6.07, 6.45) is -2.75. The molecule has 10 atom stereocenters. The Labute approximate surface area is 616 Å². The fraction of sp³-hybridized carbons (Fsp3) is 0.747. The molecule has 6 N–H and O–H groups in total. The first-order valence-corrected chi connectivity index (χ1v) is 39.4. The van der Waals surface area contributed by atoms with E-state index in [1.807, 2.05) is 0 Å². The van der Waals surface area contributed by atoms with E-state index >= 15 is 0 Å². The van der Waals surface area contributed by atoms with E-state index in [1.54, 1.807) is 69.0 Å². The molecule has 29 heteroatoms. The number of carboxylic acid groups (broad SMARTS) is 1. The van der Waals surface area contributed by atoms with Crippen molar-refractivity contribution in [3.63, 3.8) is 0 Å². The summed E-state index contributed by atoms with van der Waals surface area (Å²) in [6, 6.07) is -5.34. The minimum absolute atomic E-state index is 0.000549. The molecule has 0 bridgehead atoms. The third-order valence-electron chi connectivity index (χ3n) is 18.4. The van der Waals surface area contributed by atoms with Crippen LogP contribution in [0.2, 0.25) is 0 Å². The zero-order chi connectivity index (χ0) is 78.9. The number of Topliss-reactive ketones (excluding diaryl/α,β-unsaturated/α-hetero) is 13. The van der Waals surface area contributed by atoms with Gasteiger partial charge in [-0.15, -0.1) is 0 Å². The Morgan fingerprint density at radius 2 is 0.692 bits per heavy atom. The number of rotatable bonds is 67. The second kappa shape index (κ2) is 56.3. The predicted octanol–water partition coefficient (Wildman–Crippen LogP) is 7.11. The molecule has 0 heterocycles. The number of carbonyl (C=O) groups is 19. The van der Waals surface area contributed by atoms with Crippen molar-refractivity contribution in [2.45, 2.75) is 286 Å². The molecule has 5 amide bonds. The number of carbonyl (C=O) groups excluding carboxylic acids is 18. The largest absolute Gasteiger partial charge is 0.481 e. The molecule has 0 fully saturated rings. The lowest BCUT2D eigenvalue weighted by atomic mass is 9.86. The number of nitrogens with one attached hydrogen (secondary N) is 5. The number of hydrogen-bond donors (Lipinski definition) is 6. The normalized spacial score (nSPS) is 14.1. The van der Waals surface area contributed by atoms with Crippen molar-refractivity contribution >= 4 is 126 Å². The number of ether oxygens (including phenoxy) is 2. The van der Waals surface area contributed by atoms with E-state index < -0.39 is 165 Å². The number of aliphatic carboxylic acids is 1. The molecule has 104 heavy (non-hydrogen) atoms. The van der Waals surface area contributed by atoms with Gasteiger partial charge in [-0.25, -0.2) is 0 Å². The Morgan fingerprint density at radius 1 is 0.337 bits per heavy atom. The van der Waals surface area contributed by atoms with Crippen LogP contribution >= 0.6 is 7.80 Å². The van der Waals surface area contributed by atoms with Gasteiger partial charge in [0.1, 0.15) is 72.3 Å². The first-order chi connectivity index (χ1) is 49.3. The summed E-state index contributed by atoms with van der Waals surface area (Å²) < 4.78 is 11.2. The van der Waals surface area contributed by atoms with Gasteiger partial charge in [0.05, 0.1) is 43.9 Å². The molecule has 0 rings (SSSR count). The molecule has 0 aromatic carbocycles. The van der Waals surface area contributed by atoms with E-state index in [2.05, 4.69) is 26.6 Å². The molecule has 584 valence electrons. The average Bonchev–Trinajstić information content (AvgIpc) is 0.863. The lowest BCUT2D eigenvalue weighted by Gasteiger charge is -2.25. The molecule has 0 saturated carbocycles. The van der Waals surface area contributed by atoms with Crippen molar-refractivity contribution in [1.29, 1.82) is 0 Å². The van der Waals surface area contributed by atoms with Gasteiger partial charge < -0.3 is 41.2 Å². The molecule has 0 aliphatic heterocycles. The van der Waals surface area contributed by atoms with Crippen LogP contribution in [0, 0.1) is 29.6 Å². The van der Waals surface area contributed by atoms with Crippen LogP contribution in [0.3, 0.4) is 0 Å². The molecule has 2 radical (unpaired) electrons. The Bertz CT molecular complexity index is 2880. The number of amides is 5. The zero-order valence-corrected chi connectivity index (χ0v) is 64.3. The second-order valence-electron chi connectivity index (χ2n) is 26.6. The van der Waals surface area contributed by atoms with Gasteiger partial charge in [-0.2, -0.15) is 7.80 Å². The van der Waals surface area contributed by atoms with Gasteiger partial charge >= 0.3 is 5.97 Å². The maximum absolute atomic E-state index is 14.8. The van der Waals surface area contributed by atoms with Crippen molar-refractivity contribution in [2.75, 3.05) is 45.8 Å². The summed E-state index contributed by atoms with van der Waals surface area (Å²) in [5.41, 5.74) is 0. The Kier molecular flexibility index (Phi) is 52.5. The molecule has 10 unspecified atom stereocenters. The van der Waals surface area contributed by atoms with Gasteiger partial charge in [-0.05, 0) is 64.2 Å². The first-order valence-electron chi connectivity index (χ1n) is 37.3. The van der Waals surface area contributed by atoms with Gasteiger partial charge in [-0.1, -0.05) is 69.0 Å². The highest BCUT2D eigenvalue weighted by Crippen LogP contribution is 2.28. The second-order valence-corrected chi connectivity index (χ2v) is 28.4. The van der Waals surface area contributed by atoms with Crippen molar-refractivity contribution in [2.24, 2.45) is 29.6 Å². The van der Waals surface area contributed by atoms with Crippen LogP contribution in [-0.4, -0.2) is 193 Å². The van der Waals surface area contributed by atoms with Crippen molar-refractivity contribution in [1.82, 2.24) is 26.6 Å². The number of ketones is 13. The molecular weight excluding hydrogens is 1360 g/mol. The lowest BCUT2D eigenvalue weighted by Crippen LogP contribution is -2.53. The molecule has 0 spiro atoms. The number of hydrogen-bond acceptors (Lipinski definition) is 21. The summed E-state index contributed by atoms with van der Waals surface area (Å²) in [5.74, 6) is -14.0. The summed E-state index contributed by atoms with van der Waals surface area (Å²) in [7, 11) is 4.79. The summed E-state index contributed by atoms with van der Waals surface area (Å²) in [6.45, 7) is 15.5. The lowest BCUT2D eigenvalue weighted by molar-refractivity contribution is -0.142. The van der Waals surface area contributed by atoms with E-state index in [0.717, 1.165) is 0 Å². The summed E-state index contributed by atoms with van der Waals surface area (Å²) in [5, 5.41) is 22.5. The van der Waals surface area contributed by atoms with Crippen LogP contribution in [0.5, 0.6) is 0 Å². The van der Waals surface area contributed by atoms with Gasteiger partial charge in [-0.3, -0.25) is 91.1 Å². The van der Waals surface area contributed by atoms with Crippen LogP contribution in [0.15, 0.2) is 0 Å². The van der Waals surface area contributed by atoms with Crippen LogP contribution in [0.25, 0.3) is 0 Å². The molecular formula is C75H119BN5O22P. The third kappa shape index (κ3) is 43.4. The topological polar surface area (TPSA) is 423 Å². The van der Waals surface area contributed by atoms with Gasteiger partial charge in [0, 0.05) is 171 Å². The average molecular weight is 1480 g/mol. The smallest absolute Gasteiger partial charge is 0.306 e. The maximum Gasteiger partial charge on any atom is 0.306 e. The summed E-state index contributed by atoms with van der Waals surface area (Å²) in [4.78, 5) is 251. The monoisotopic (exact) mass is 1480 g/mol. The Balaban J connectivity index is 7.13. The maximum atomic E-state index is 14.8. The molecule has 0 aromatic heterocycles. The molecule has 0 aromatic rings. The highest BCUT2D eigenvalue weighted by atomic mass is 31.1. The molecule has 0 saturated heterocycles. The summed E-state index contributed by atoms with van der Waals surface area (Å²) >= 11 is 0. The van der Waals surface area contributed by atoms with E-state index in [1.165, 1.54) is 0 Å². The van der Waals surface area contributed by atoms with E-state index in [9.17, 15) is 96.2 Å². The standard InChI is InChI=1S/C75H119BN5O22P/c1-11-48(75(100)101)20-27-57(86)43-50(69(94)47-104(10)76)23-35-70(95)77-38-39-102-40-41-103-46-59(88)44-52(73(98)81-63(74(99)80-61(67(92)19-9)32-29-56(85)15-5)34-37-72(97)78-60(66(91)18-8)31-28-55(84)14-4)24-36-71(96)79-62(68(93)45-51(65(90)17-7)22-26-54(83)13-3)33-30-58(87)42-49(64(89)16-6)21-25-53(82)12-2/h48-52,60-63H,11-47H2,1-10H3,(H,77,95)(H,78,97)(H,79,96)(H,80,99)(H,81,98)(H,100,101). The third-order valence-corrected chi connectivity index (χ3v) is 19.2. The van der Waals surface area contributed by atoms with E-state index in [-0.39, 0.29) is 239 Å². The van der Waals surface area contributed by atoms with Gasteiger partial charge in [0.25, 0.3) is 0 Å². The van der Waals surface area contributed by atoms with Crippen molar-refractivity contribution in [3.8, 4) is 0 Å². The van der Waals surface area contributed by atoms with Crippen LogP contribution in [-0.2, 0) is 101 Å². The van der Waals surface area contributed by atoms with E-state index in [0.29, 0.717) is 6.42 Å². The minimum atomic E-state index is -1.64. The fourth-order valence-electron chi connectivity index (χ4n) is 11.5. The van der Waals surface area contributed by atoms with Crippen molar-refractivity contribution < 1.29 is 106 Å². The fourth-order valence-corrected chi connectivity index (χ4v) is 12.2. The zero-order valence-electron chi connectivity index (χ0n) is 63.4. The van der Waals surface area contributed by atoms with Gasteiger partial charge in [0.15, 0.2) is 23.1 Å². The van der Waals surface area contributed by atoms with Crippen LogP contribution in [0.1, 0.15) is 261 Å². The SMILES string of the molecule is [B]P(C)CC(=O)C(CCC(=O)NCCOCCOCC(=O)CC(CCC(=O)NC(CCC(=O)CC(CCC(=O)CC)C(=O)CC)C(=O)CC(CCC(=O)CC)C(=O)CC)C(=O)NC(CCC(=O)NC(CCC(=O)CC)C(=O)CC)C(=O)NC(CCC(=O)CC)C(=O)CC)CC(=O)CCC(CC)C(=O)O.